The maximum atomic E-state index is 6.22. The van der Waals surface area contributed by atoms with Gasteiger partial charge in [-0.2, -0.15) is 0 Å². The average molecular weight is 306 g/mol. The third kappa shape index (κ3) is 2.41. The quantitative estimate of drug-likeness (QED) is 0.767. The Morgan fingerprint density at radius 3 is 2.90 bits per heavy atom. The summed E-state index contributed by atoms with van der Waals surface area (Å²) in [5, 5.41) is 4.16. The molecule has 0 saturated heterocycles. The second-order valence-corrected chi connectivity index (χ2v) is 6.60. The minimum Gasteiger partial charge on any atom is -0.378 e. The predicted octanol–water partition coefficient (Wildman–Crippen LogP) is 4.59. The van der Waals surface area contributed by atoms with Gasteiger partial charge < -0.3 is 5.32 Å². The average Bonchev–Trinajstić information content (AvgIpc) is 2.86. The van der Waals surface area contributed by atoms with Crippen molar-refractivity contribution in [1.82, 2.24) is 9.38 Å². The Hall–Kier alpha value is -1.52. The predicted molar refractivity (Wildman–Crippen MR) is 86.1 cm³/mol. The van der Waals surface area contributed by atoms with Crippen molar-refractivity contribution >= 4 is 33.6 Å². The Kier molecular flexibility index (Phi) is 3.44. The van der Waals surface area contributed by atoms with Crippen LogP contribution < -0.4 is 5.32 Å². The molecule has 0 bridgehead atoms. The number of aryl methyl sites for hydroxylation is 3. The lowest BCUT2D eigenvalue weighted by molar-refractivity contribution is 0.991. The Morgan fingerprint density at radius 1 is 1.30 bits per heavy atom. The van der Waals surface area contributed by atoms with Gasteiger partial charge in [-0.25, -0.2) is 4.98 Å². The Labute approximate surface area is 127 Å². The molecule has 0 unspecified atom stereocenters. The SMILES string of the molecule is Cc1ccc(Cl)c(NCc2c(C)nc3sc(C)cn23)c1. The number of imidazole rings is 1. The molecule has 3 rings (SSSR count). The minimum atomic E-state index is 0.715. The van der Waals surface area contributed by atoms with Crippen LogP contribution >= 0.6 is 22.9 Å². The maximum Gasteiger partial charge on any atom is 0.194 e. The first-order chi connectivity index (χ1) is 9.54. The monoisotopic (exact) mass is 305 g/mol. The van der Waals surface area contributed by atoms with Gasteiger partial charge in [-0.1, -0.05) is 17.7 Å². The van der Waals surface area contributed by atoms with E-state index < -0.39 is 0 Å². The van der Waals surface area contributed by atoms with E-state index >= 15 is 0 Å². The molecule has 1 N–H and O–H groups in total. The van der Waals surface area contributed by atoms with E-state index in [4.69, 9.17) is 11.6 Å². The van der Waals surface area contributed by atoms with Crippen molar-refractivity contribution in [3.63, 3.8) is 0 Å². The molecule has 3 nitrogen and oxygen atoms in total. The molecule has 20 heavy (non-hydrogen) atoms. The van der Waals surface area contributed by atoms with E-state index in [0.717, 1.165) is 21.4 Å². The van der Waals surface area contributed by atoms with Gasteiger partial charge in [0.1, 0.15) is 0 Å². The number of nitrogens with one attached hydrogen (secondary N) is 1. The molecule has 0 atom stereocenters. The number of benzene rings is 1. The van der Waals surface area contributed by atoms with Gasteiger partial charge >= 0.3 is 0 Å². The highest BCUT2D eigenvalue weighted by molar-refractivity contribution is 7.17. The summed E-state index contributed by atoms with van der Waals surface area (Å²) in [5.41, 5.74) is 4.40. The summed E-state index contributed by atoms with van der Waals surface area (Å²) in [6.45, 7) is 6.92. The standard InChI is InChI=1S/C15H16ClN3S/c1-9-4-5-12(16)13(6-9)17-7-14-11(3)18-15-19(14)8-10(2)20-15/h4-6,8,17H,7H2,1-3H3. The Bertz CT molecular complexity index is 773. The first kappa shape index (κ1) is 13.5. The number of anilines is 1. The van der Waals surface area contributed by atoms with Gasteiger partial charge in [0.25, 0.3) is 0 Å². The van der Waals surface area contributed by atoms with Crippen molar-refractivity contribution in [2.24, 2.45) is 0 Å². The summed E-state index contributed by atoms with van der Waals surface area (Å²) in [6.07, 6.45) is 2.13. The van der Waals surface area contributed by atoms with Gasteiger partial charge in [0, 0.05) is 11.1 Å². The van der Waals surface area contributed by atoms with Crippen LogP contribution in [0, 0.1) is 20.8 Å². The number of nitrogens with zero attached hydrogens (tertiary/aromatic N) is 2. The molecule has 5 heteroatoms. The normalized spacial score (nSPS) is 11.2. The lowest BCUT2D eigenvalue weighted by Gasteiger charge is -2.09. The van der Waals surface area contributed by atoms with Crippen LogP contribution in [0.1, 0.15) is 21.8 Å². The van der Waals surface area contributed by atoms with Crippen LogP contribution in [0.5, 0.6) is 0 Å². The summed E-state index contributed by atoms with van der Waals surface area (Å²) in [5.74, 6) is 0. The summed E-state index contributed by atoms with van der Waals surface area (Å²) >= 11 is 7.93. The van der Waals surface area contributed by atoms with E-state index in [1.54, 1.807) is 11.3 Å². The topological polar surface area (TPSA) is 29.3 Å². The molecule has 0 radical (unpaired) electrons. The second-order valence-electron chi connectivity index (χ2n) is 4.98. The highest BCUT2D eigenvalue weighted by Crippen LogP contribution is 2.25. The van der Waals surface area contributed by atoms with Gasteiger partial charge in [0.15, 0.2) is 4.96 Å². The van der Waals surface area contributed by atoms with Crippen LogP contribution in [0.25, 0.3) is 4.96 Å². The van der Waals surface area contributed by atoms with Crippen LogP contribution in [0.4, 0.5) is 5.69 Å². The summed E-state index contributed by atoms with van der Waals surface area (Å²) < 4.78 is 2.16. The highest BCUT2D eigenvalue weighted by atomic mass is 35.5. The third-order valence-electron chi connectivity index (χ3n) is 3.31. The molecule has 0 aliphatic carbocycles. The minimum absolute atomic E-state index is 0.715. The van der Waals surface area contributed by atoms with E-state index in [1.165, 1.54) is 16.1 Å². The van der Waals surface area contributed by atoms with Gasteiger partial charge in [-0.15, -0.1) is 11.3 Å². The summed E-state index contributed by atoms with van der Waals surface area (Å²) in [4.78, 5) is 6.91. The van der Waals surface area contributed by atoms with E-state index in [1.807, 2.05) is 19.1 Å². The number of aromatic nitrogens is 2. The highest BCUT2D eigenvalue weighted by Gasteiger charge is 2.11. The fourth-order valence-corrected chi connectivity index (χ4v) is 3.35. The lowest BCUT2D eigenvalue weighted by Crippen LogP contribution is -2.04. The summed E-state index contributed by atoms with van der Waals surface area (Å²) in [6, 6.07) is 6.00. The first-order valence-corrected chi connectivity index (χ1v) is 7.68. The zero-order valence-electron chi connectivity index (χ0n) is 11.7. The first-order valence-electron chi connectivity index (χ1n) is 6.48. The molecule has 0 fully saturated rings. The molecule has 0 amide bonds. The van der Waals surface area contributed by atoms with Crippen LogP contribution in [0.2, 0.25) is 5.02 Å². The Morgan fingerprint density at radius 2 is 2.10 bits per heavy atom. The molecule has 2 aromatic heterocycles. The van der Waals surface area contributed by atoms with Crippen LogP contribution in [-0.4, -0.2) is 9.38 Å². The van der Waals surface area contributed by atoms with Crippen molar-refractivity contribution in [3.8, 4) is 0 Å². The molecule has 0 saturated carbocycles. The zero-order chi connectivity index (χ0) is 14.3. The molecule has 1 aromatic carbocycles. The second kappa shape index (κ2) is 5.11. The molecule has 0 spiro atoms. The van der Waals surface area contributed by atoms with E-state index in [9.17, 15) is 0 Å². The van der Waals surface area contributed by atoms with Crippen molar-refractivity contribution < 1.29 is 0 Å². The lowest BCUT2D eigenvalue weighted by atomic mass is 10.2. The number of thiazole rings is 1. The van der Waals surface area contributed by atoms with Gasteiger partial charge in [-0.05, 0) is 38.5 Å². The molecule has 3 aromatic rings. The molecular formula is C15H16ClN3S. The van der Waals surface area contributed by atoms with Crippen LogP contribution in [0.15, 0.2) is 24.4 Å². The number of hydrogen-bond acceptors (Lipinski definition) is 3. The molecule has 104 valence electrons. The van der Waals surface area contributed by atoms with Crippen molar-refractivity contribution in [2.45, 2.75) is 27.3 Å². The summed E-state index contributed by atoms with van der Waals surface area (Å²) in [7, 11) is 0. The number of hydrogen-bond donors (Lipinski definition) is 1. The maximum absolute atomic E-state index is 6.22. The number of fused-ring (bicyclic) bond motifs is 1. The van der Waals surface area contributed by atoms with Gasteiger partial charge in [0.05, 0.1) is 28.6 Å². The smallest absolute Gasteiger partial charge is 0.194 e. The molecule has 2 heterocycles. The van der Waals surface area contributed by atoms with Crippen molar-refractivity contribution in [3.05, 3.63) is 51.2 Å². The van der Waals surface area contributed by atoms with Gasteiger partial charge in [-0.3, -0.25) is 4.40 Å². The fraction of sp³-hybridized carbons (Fsp3) is 0.267. The fourth-order valence-electron chi connectivity index (χ4n) is 2.28. The van der Waals surface area contributed by atoms with E-state index in [2.05, 4.69) is 40.8 Å². The van der Waals surface area contributed by atoms with E-state index in [0.29, 0.717) is 6.54 Å². The largest absolute Gasteiger partial charge is 0.378 e. The van der Waals surface area contributed by atoms with Gasteiger partial charge in [0.2, 0.25) is 0 Å². The number of halogens is 1. The van der Waals surface area contributed by atoms with Crippen molar-refractivity contribution in [1.29, 1.82) is 0 Å². The number of rotatable bonds is 3. The van der Waals surface area contributed by atoms with Crippen LogP contribution in [0.3, 0.4) is 0 Å². The Balaban J connectivity index is 1.89. The van der Waals surface area contributed by atoms with E-state index in [-0.39, 0.29) is 0 Å². The van der Waals surface area contributed by atoms with Crippen LogP contribution in [-0.2, 0) is 6.54 Å². The molecular weight excluding hydrogens is 290 g/mol. The molecule has 0 aliphatic heterocycles. The third-order valence-corrected chi connectivity index (χ3v) is 4.54. The molecule has 0 aliphatic rings. The van der Waals surface area contributed by atoms with Crippen molar-refractivity contribution in [2.75, 3.05) is 5.32 Å². The zero-order valence-corrected chi connectivity index (χ0v) is 13.3.